The van der Waals surface area contributed by atoms with Gasteiger partial charge < -0.3 is 5.32 Å². The van der Waals surface area contributed by atoms with E-state index in [1.807, 2.05) is 12.1 Å². The van der Waals surface area contributed by atoms with Gasteiger partial charge in [0.2, 0.25) is 0 Å². The predicted octanol–water partition coefficient (Wildman–Crippen LogP) is 2.40. The molecule has 0 aliphatic carbocycles. The number of nitriles is 1. The van der Waals surface area contributed by atoms with Crippen LogP contribution in [0.4, 0.5) is 5.69 Å². The summed E-state index contributed by atoms with van der Waals surface area (Å²) in [5.41, 5.74) is 2.14. The molecule has 4 nitrogen and oxygen atoms in total. The van der Waals surface area contributed by atoms with E-state index < -0.39 is 0 Å². The average Bonchev–Trinajstić information content (AvgIpc) is 2.42. The van der Waals surface area contributed by atoms with Crippen LogP contribution in [0, 0.1) is 11.3 Å². The van der Waals surface area contributed by atoms with E-state index in [0.29, 0.717) is 17.7 Å². The normalized spacial score (nSPS) is 9.50. The van der Waals surface area contributed by atoms with Crippen molar-refractivity contribution in [2.45, 2.75) is 6.42 Å². The summed E-state index contributed by atoms with van der Waals surface area (Å²) in [7, 11) is 0. The molecule has 2 aromatic rings. The maximum Gasteiger partial charge on any atom is 0.257 e. The highest BCUT2D eigenvalue weighted by molar-refractivity contribution is 6.03. The zero-order valence-corrected chi connectivity index (χ0v) is 9.63. The number of nitrogens with zero attached hydrogens (tertiary/aromatic N) is 2. The van der Waals surface area contributed by atoms with Crippen LogP contribution < -0.4 is 5.32 Å². The summed E-state index contributed by atoms with van der Waals surface area (Å²) in [6.45, 7) is 0. The van der Waals surface area contributed by atoms with Crippen LogP contribution >= 0.6 is 0 Å². The van der Waals surface area contributed by atoms with Crippen LogP contribution in [0.15, 0.2) is 48.8 Å². The summed E-state index contributed by atoms with van der Waals surface area (Å²) < 4.78 is 0. The molecule has 0 fully saturated rings. The molecule has 4 heteroatoms. The molecule has 88 valence electrons. The molecule has 0 saturated carbocycles. The third-order valence-electron chi connectivity index (χ3n) is 2.42. The van der Waals surface area contributed by atoms with Gasteiger partial charge in [-0.1, -0.05) is 12.1 Å². The van der Waals surface area contributed by atoms with E-state index in [0.717, 1.165) is 5.56 Å². The molecule has 2 rings (SSSR count). The Kier molecular flexibility index (Phi) is 3.67. The summed E-state index contributed by atoms with van der Waals surface area (Å²) in [6.07, 6.45) is 3.50. The van der Waals surface area contributed by atoms with Crippen LogP contribution in [-0.2, 0) is 6.42 Å². The summed E-state index contributed by atoms with van der Waals surface area (Å²) in [5, 5.41) is 11.3. The Morgan fingerprint density at radius 3 is 2.67 bits per heavy atom. The van der Waals surface area contributed by atoms with Crippen molar-refractivity contribution in [3.8, 4) is 6.07 Å². The van der Waals surface area contributed by atoms with E-state index in [1.165, 1.54) is 6.20 Å². The SMILES string of the molecule is N#CCc1ccc(NC(=O)c2cccnc2)cc1. The second-order valence-corrected chi connectivity index (χ2v) is 3.73. The quantitative estimate of drug-likeness (QED) is 0.891. The van der Waals surface area contributed by atoms with Gasteiger partial charge in [0.1, 0.15) is 0 Å². The molecule has 1 aromatic carbocycles. The number of nitrogens with one attached hydrogen (secondary N) is 1. The molecular weight excluding hydrogens is 226 g/mol. The number of pyridine rings is 1. The molecule has 0 aliphatic heterocycles. The van der Waals surface area contributed by atoms with E-state index in [-0.39, 0.29) is 5.91 Å². The fraction of sp³-hybridized carbons (Fsp3) is 0.0714. The van der Waals surface area contributed by atoms with Crippen molar-refractivity contribution in [3.05, 3.63) is 59.9 Å². The van der Waals surface area contributed by atoms with Gasteiger partial charge in [0.05, 0.1) is 18.1 Å². The molecule has 0 unspecified atom stereocenters. The highest BCUT2D eigenvalue weighted by Gasteiger charge is 2.05. The highest BCUT2D eigenvalue weighted by atomic mass is 16.1. The molecule has 1 amide bonds. The van der Waals surface area contributed by atoms with Crippen molar-refractivity contribution in [2.24, 2.45) is 0 Å². The number of aromatic nitrogens is 1. The van der Waals surface area contributed by atoms with Crippen molar-refractivity contribution < 1.29 is 4.79 Å². The van der Waals surface area contributed by atoms with Crippen LogP contribution in [0.3, 0.4) is 0 Å². The lowest BCUT2D eigenvalue weighted by molar-refractivity contribution is 0.102. The summed E-state index contributed by atoms with van der Waals surface area (Å²) in [6, 6.07) is 12.7. The van der Waals surface area contributed by atoms with E-state index in [1.54, 1.807) is 30.5 Å². The number of amides is 1. The van der Waals surface area contributed by atoms with Crippen LogP contribution in [0.5, 0.6) is 0 Å². The molecule has 0 bridgehead atoms. The van der Waals surface area contributed by atoms with Crippen molar-refractivity contribution in [1.82, 2.24) is 4.98 Å². The third-order valence-corrected chi connectivity index (χ3v) is 2.42. The third kappa shape index (κ3) is 2.92. The van der Waals surface area contributed by atoms with Gasteiger partial charge in [-0.3, -0.25) is 9.78 Å². The van der Waals surface area contributed by atoms with Gasteiger partial charge in [-0.25, -0.2) is 0 Å². The largest absolute Gasteiger partial charge is 0.322 e. The van der Waals surface area contributed by atoms with Crippen molar-refractivity contribution in [3.63, 3.8) is 0 Å². The second kappa shape index (κ2) is 5.60. The number of hydrogen-bond donors (Lipinski definition) is 1. The first kappa shape index (κ1) is 11.8. The van der Waals surface area contributed by atoms with Crippen LogP contribution in [0.1, 0.15) is 15.9 Å². The molecule has 0 saturated heterocycles. The molecular formula is C14H11N3O. The number of rotatable bonds is 3. The monoisotopic (exact) mass is 237 g/mol. The van der Waals surface area contributed by atoms with Crippen molar-refractivity contribution >= 4 is 11.6 Å². The predicted molar refractivity (Wildman–Crippen MR) is 67.9 cm³/mol. The van der Waals surface area contributed by atoms with Crippen LogP contribution in [0.2, 0.25) is 0 Å². The zero-order valence-electron chi connectivity index (χ0n) is 9.63. The molecule has 1 aromatic heterocycles. The van der Waals surface area contributed by atoms with E-state index >= 15 is 0 Å². The molecule has 0 spiro atoms. The number of hydrogen-bond acceptors (Lipinski definition) is 3. The Morgan fingerprint density at radius 1 is 1.28 bits per heavy atom. The Labute approximate surface area is 105 Å². The van der Waals surface area contributed by atoms with Gasteiger partial charge in [0.25, 0.3) is 5.91 Å². The van der Waals surface area contributed by atoms with Crippen LogP contribution in [-0.4, -0.2) is 10.9 Å². The maximum absolute atomic E-state index is 11.8. The minimum atomic E-state index is -0.198. The first-order chi connectivity index (χ1) is 8.79. The Morgan fingerprint density at radius 2 is 2.06 bits per heavy atom. The minimum absolute atomic E-state index is 0.198. The second-order valence-electron chi connectivity index (χ2n) is 3.73. The number of benzene rings is 1. The van der Waals surface area contributed by atoms with E-state index in [9.17, 15) is 4.79 Å². The summed E-state index contributed by atoms with van der Waals surface area (Å²) >= 11 is 0. The molecule has 0 atom stereocenters. The lowest BCUT2D eigenvalue weighted by atomic mass is 10.1. The Hall–Kier alpha value is -2.67. The topological polar surface area (TPSA) is 65.8 Å². The number of carbonyl (C=O) groups is 1. The lowest BCUT2D eigenvalue weighted by Gasteiger charge is -2.05. The average molecular weight is 237 g/mol. The summed E-state index contributed by atoms with van der Waals surface area (Å²) in [5.74, 6) is -0.198. The zero-order chi connectivity index (χ0) is 12.8. The molecule has 0 aliphatic rings. The first-order valence-corrected chi connectivity index (χ1v) is 5.47. The van der Waals surface area contributed by atoms with Crippen molar-refractivity contribution in [1.29, 1.82) is 5.26 Å². The Bertz CT molecular complexity index is 570. The van der Waals surface area contributed by atoms with Crippen LogP contribution in [0.25, 0.3) is 0 Å². The number of carbonyl (C=O) groups excluding carboxylic acids is 1. The standard InChI is InChI=1S/C14H11N3O/c15-8-7-11-3-5-13(6-4-11)17-14(18)12-2-1-9-16-10-12/h1-6,9-10H,7H2,(H,17,18). The molecule has 0 radical (unpaired) electrons. The minimum Gasteiger partial charge on any atom is -0.322 e. The lowest BCUT2D eigenvalue weighted by Crippen LogP contribution is -2.11. The molecule has 1 heterocycles. The Balaban J connectivity index is 2.06. The molecule has 18 heavy (non-hydrogen) atoms. The van der Waals surface area contributed by atoms with Gasteiger partial charge in [-0.2, -0.15) is 5.26 Å². The first-order valence-electron chi connectivity index (χ1n) is 5.47. The molecule has 1 N–H and O–H groups in total. The number of anilines is 1. The van der Waals surface area contributed by atoms with Gasteiger partial charge >= 0.3 is 0 Å². The van der Waals surface area contributed by atoms with E-state index in [4.69, 9.17) is 5.26 Å². The maximum atomic E-state index is 11.8. The van der Waals surface area contributed by atoms with Gasteiger partial charge in [0, 0.05) is 18.1 Å². The fourth-order valence-corrected chi connectivity index (χ4v) is 1.50. The van der Waals surface area contributed by atoms with Gasteiger partial charge in [0.15, 0.2) is 0 Å². The highest BCUT2D eigenvalue weighted by Crippen LogP contribution is 2.11. The van der Waals surface area contributed by atoms with Gasteiger partial charge in [-0.15, -0.1) is 0 Å². The van der Waals surface area contributed by atoms with Crippen molar-refractivity contribution in [2.75, 3.05) is 5.32 Å². The van der Waals surface area contributed by atoms with E-state index in [2.05, 4.69) is 16.4 Å². The fourth-order valence-electron chi connectivity index (χ4n) is 1.50. The van der Waals surface area contributed by atoms with Gasteiger partial charge in [-0.05, 0) is 29.8 Å². The summed E-state index contributed by atoms with van der Waals surface area (Å²) in [4.78, 5) is 15.7. The smallest absolute Gasteiger partial charge is 0.257 e.